The van der Waals surface area contributed by atoms with Gasteiger partial charge in [0, 0.05) is 12.4 Å². The number of aldehydes is 1. The highest BCUT2D eigenvalue weighted by Crippen LogP contribution is 2.27. The van der Waals surface area contributed by atoms with Crippen LogP contribution in [-0.4, -0.2) is 20.8 Å². The summed E-state index contributed by atoms with van der Waals surface area (Å²) in [5.41, 5.74) is 7.43. The van der Waals surface area contributed by atoms with Gasteiger partial charge in [-0.05, 0) is 24.3 Å². The number of anilines is 3. The SMILES string of the molecule is Nc1nc(Cl)c(C=O)c(Nc2ccccc2-n2cccc2)n1. The van der Waals surface area contributed by atoms with Crippen LogP contribution < -0.4 is 11.1 Å². The second-order valence-corrected chi connectivity index (χ2v) is 4.84. The molecule has 0 atom stereocenters. The van der Waals surface area contributed by atoms with Gasteiger partial charge in [-0.2, -0.15) is 4.98 Å². The third-order valence-electron chi connectivity index (χ3n) is 3.07. The van der Waals surface area contributed by atoms with Crippen molar-refractivity contribution in [2.24, 2.45) is 0 Å². The molecule has 2 aromatic heterocycles. The number of halogens is 1. The van der Waals surface area contributed by atoms with Gasteiger partial charge in [-0.25, -0.2) is 4.98 Å². The second-order valence-electron chi connectivity index (χ2n) is 4.49. The number of benzene rings is 1. The standard InChI is InChI=1S/C15H12ClN5O/c16-13-10(9-22)14(20-15(17)19-13)18-11-5-1-2-6-12(11)21-7-3-4-8-21/h1-9H,(H3,17,18,19,20). The molecule has 22 heavy (non-hydrogen) atoms. The Kier molecular flexibility index (Phi) is 3.76. The van der Waals surface area contributed by atoms with Crippen LogP contribution in [0.3, 0.4) is 0 Å². The van der Waals surface area contributed by atoms with E-state index in [1.54, 1.807) is 0 Å². The van der Waals surface area contributed by atoms with E-state index >= 15 is 0 Å². The Morgan fingerprint density at radius 2 is 1.86 bits per heavy atom. The molecule has 0 fully saturated rings. The van der Waals surface area contributed by atoms with Crippen LogP contribution in [0.2, 0.25) is 5.15 Å². The van der Waals surface area contributed by atoms with E-state index in [1.165, 1.54) is 0 Å². The van der Waals surface area contributed by atoms with Crippen LogP contribution in [-0.2, 0) is 0 Å². The molecule has 3 rings (SSSR count). The average molecular weight is 314 g/mol. The Labute approximate surface area is 131 Å². The lowest BCUT2D eigenvalue weighted by Crippen LogP contribution is -2.06. The number of nitrogen functional groups attached to an aromatic ring is 1. The van der Waals surface area contributed by atoms with Crippen LogP contribution in [0.1, 0.15) is 10.4 Å². The van der Waals surface area contributed by atoms with E-state index in [0.29, 0.717) is 6.29 Å². The molecular formula is C15H12ClN5O. The van der Waals surface area contributed by atoms with E-state index in [4.69, 9.17) is 17.3 Å². The quantitative estimate of drug-likeness (QED) is 0.571. The van der Waals surface area contributed by atoms with Gasteiger partial charge in [0.15, 0.2) is 6.29 Å². The Morgan fingerprint density at radius 3 is 2.59 bits per heavy atom. The van der Waals surface area contributed by atoms with E-state index in [0.717, 1.165) is 11.4 Å². The average Bonchev–Trinajstić information content (AvgIpc) is 3.01. The monoisotopic (exact) mass is 313 g/mol. The zero-order valence-corrected chi connectivity index (χ0v) is 12.2. The molecule has 1 aromatic carbocycles. The number of nitrogens with zero attached hydrogens (tertiary/aromatic N) is 3. The third kappa shape index (κ3) is 2.64. The van der Waals surface area contributed by atoms with Crippen LogP contribution in [0.25, 0.3) is 5.69 Å². The Morgan fingerprint density at radius 1 is 1.14 bits per heavy atom. The predicted molar refractivity (Wildman–Crippen MR) is 85.9 cm³/mol. The van der Waals surface area contributed by atoms with Crippen LogP contribution in [0.5, 0.6) is 0 Å². The number of carbonyl (C=O) groups is 1. The first kappa shape index (κ1) is 14.1. The topological polar surface area (TPSA) is 85.8 Å². The van der Waals surface area contributed by atoms with Crippen LogP contribution in [0.4, 0.5) is 17.5 Å². The summed E-state index contributed by atoms with van der Waals surface area (Å²) >= 11 is 5.93. The minimum Gasteiger partial charge on any atom is -0.368 e. The van der Waals surface area contributed by atoms with E-state index < -0.39 is 0 Å². The normalized spacial score (nSPS) is 10.4. The zero-order valence-electron chi connectivity index (χ0n) is 11.4. The molecule has 0 unspecified atom stereocenters. The van der Waals surface area contributed by atoms with Gasteiger partial charge in [0.2, 0.25) is 5.95 Å². The van der Waals surface area contributed by atoms with Gasteiger partial charge in [-0.1, -0.05) is 23.7 Å². The molecule has 0 bridgehead atoms. The number of para-hydroxylation sites is 2. The molecule has 0 aliphatic carbocycles. The first-order valence-corrected chi connectivity index (χ1v) is 6.84. The molecule has 3 aromatic rings. The Bertz CT molecular complexity index is 817. The van der Waals surface area contributed by atoms with Crippen LogP contribution in [0, 0.1) is 0 Å². The highest BCUT2D eigenvalue weighted by Gasteiger charge is 2.13. The summed E-state index contributed by atoms with van der Waals surface area (Å²) in [6.07, 6.45) is 4.44. The number of rotatable bonds is 4. The maximum atomic E-state index is 11.2. The fourth-order valence-electron chi connectivity index (χ4n) is 2.09. The van der Waals surface area contributed by atoms with Gasteiger partial charge < -0.3 is 15.6 Å². The van der Waals surface area contributed by atoms with Crippen molar-refractivity contribution in [2.75, 3.05) is 11.1 Å². The van der Waals surface area contributed by atoms with Crippen molar-refractivity contribution < 1.29 is 4.79 Å². The highest BCUT2D eigenvalue weighted by atomic mass is 35.5. The van der Waals surface area contributed by atoms with Crippen LogP contribution >= 0.6 is 11.6 Å². The maximum absolute atomic E-state index is 11.2. The molecule has 0 aliphatic rings. The number of carbonyl (C=O) groups excluding carboxylic acids is 1. The number of nitrogens with one attached hydrogen (secondary N) is 1. The highest BCUT2D eigenvalue weighted by molar-refractivity contribution is 6.32. The van der Waals surface area contributed by atoms with Gasteiger partial charge in [0.05, 0.1) is 16.9 Å². The molecule has 0 saturated heterocycles. The molecular weight excluding hydrogens is 302 g/mol. The first-order valence-electron chi connectivity index (χ1n) is 6.46. The van der Waals surface area contributed by atoms with Crippen molar-refractivity contribution in [1.82, 2.24) is 14.5 Å². The van der Waals surface area contributed by atoms with Crippen molar-refractivity contribution in [3.63, 3.8) is 0 Å². The summed E-state index contributed by atoms with van der Waals surface area (Å²) < 4.78 is 1.94. The molecule has 0 aliphatic heterocycles. The minimum atomic E-state index is -0.00320. The predicted octanol–water partition coefficient (Wildman–Crippen LogP) is 3.06. The zero-order chi connectivity index (χ0) is 15.5. The minimum absolute atomic E-state index is 0.00320. The van der Waals surface area contributed by atoms with Gasteiger partial charge in [0.25, 0.3) is 0 Å². The number of nitrogens with two attached hydrogens (primary N) is 1. The molecule has 0 saturated carbocycles. The summed E-state index contributed by atoms with van der Waals surface area (Å²) in [6.45, 7) is 0. The van der Waals surface area contributed by atoms with E-state index in [-0.39, 0.29) is 22.5 Å². The van der Waals surface area contributed by atoms with Crippen molar-refractivity contribution in [2.45, 2.75) is 0 Å². The smallest absolute Gasteiger partial charge is 0.223 e. The summed E-state index contributed by atoms with van der Waals surface area (Å²) in [4.78, 5) is 19.0. The van der Waals surface area contributed by atoms with Crippen molar-refractivity contribution in [3.8, 4) is 5.69 Å². The van der Waals surface area contributed by atoms with E-state index in [2.05, 4.69) is 15.3 Å². The molecule has 3 N–H and O–H groups in total. The molecule has 0 spiro atoms. The summed E-state index contributed by atoms with van der Waals surface area (Å²) in [7, 11) is 0. The third-order valence-corrected chi connectivity index (χ3v) is 3.36. The largest absolute Gasteiger partial charge is 0.368 e. The summed E-state index contributed by atoms with van der Waals surface area (Å²) in [6, 6.07) is 11.5. The van der Waals surface area contributed by atoms with Crippen LogP contribution in [0.15, 0.2) is 48.8 Å². The van der Waals surface area contributed by atoms with Crippen molar-refractivity contribution in [3.05, 3.63) is 59.5 Å². The lowest BCUT2D eigenvalue weighted by Gasteiger charge is -2.14. The first-order chi connectivity index (χ1) is 10.7. The number of aromatic nitrogens is 3. The van der Waals surface area contributed by atoms with Crippen molar-refractivity contribution >= 4 is 35.3 Å². The number of hydrogen-bond donors (Lipinski definition) is 2. The van der Waals surface area contributed by atoms with Crippen molar-refractivity contribution in [1.29, 1.82) is 0 Å². The van der Waals surface area contributed by atoms with Gasteiger partial charge in [-0.15, -0.1) is 0 Å². The van der Waals surface area contributed by atoms with Gasteiger partial charge >= 0.3 is 0 Å². The summed E-state index contributed by atoms with van der Waals surface area (Å²) in [5, 5.41) is 3.11. The lowest BCUT2D eigenvalue weighted by molar-refractivity contribution is 0.112. The molecule has 7 heteroatoms. The Hall–Kier alpha value is -2.86. The number of hydrogen-bond acceptors (Lipinski definition) is 5. The van der Waals surface area contributed by atoms with E-state index in [1.807, 2.05) is 53.4 Å². The van der Waals surface area contributed by atoms with Gasteiger partial charge in [0.1, 0.15) is 11.0 Å². The molecule has 6 nitrogen and oxygen atoms in total. The summed E-state index contributed by atoms with van der Waals surface area (Å²) in [5.74, 6) is 0.267. The Balaban J connectivity index is 2.07. The maximum Gasteiger partial charge on any atom is 0.223 e. The molecule has 110 valence electrons. The fraction of sp³-hybridized carbons (Fsp3) is 0. The molecule has 0 amide bonds. The van der Waals surface area contributed by atoms with Gasteiger partial charge in [-0.3, -0.25) is 4.79 Å². The second kappa shape index (κ2) is 5.87. The van der Waals surface area contributed by atoms with E-state index in [9.17, 15) is 4.79 Å². The lowest BCUT2D eigenvalue weighted by atomic mass is 10.2. The molecule has 2 heterocycles. The molecule has 0 radical (unpaired) electrons. The fourth-order valence-corrected chi connectivity index (χ4v) is 2.31.